The maximum absolute atomic E-state index is 13.8. The molecule has 0 saturated heterocycles. The zero-order chi connectivity index (χ0) is 17.1. The number of rotatable bonds is 4. The third-order valence-corrected chi connectivity index (χ3v) is 4.30. The van der Waals surface area contributed by atoms with Crippen LogP contribution in [0.15, 0.2) is 60.9 Å². The van der Waals surface area contributed by atoms with Crippen molar-refractivity contribution in [3.05, 3.63) is 77.3 Å². The molecule has 0 radical (unpaired) electrons. The number of amides is 1. The van der Waals surface area contributed by atoms with E-state index in [1.54, 1.807) is 19.2 Å². The zero-order valence-electron chi connectivity index (χ0n) is 13.6. The van der Waals surface area contributed by atoms with Crippen LogP contribution in [0.2, 0.25) is 5.02 Å². The van der Waals surface area contributed by atoms with E-state index >= 15 is 0 Å². The largest absolute Gasteiger partial charge is 1.00 e. The lowest BCUT2D eigenvalue weighted by Crippen LogP contribution is -3.00. The lowest BCUT2D eigenvalue weighted by Gasteiger charge is -2.17. The second-order valence-corrected chi connectivity index (χ2v) is 6.10. The van der Waals surface area contributed by atoms with Crippen LogP contribution in [-0.2, 0) is 17.9 Å². The Labute approximate surface area is 157 Å². The Morgan fingerprint density at radius 3 is 2.56 bits per heavy atom. The lowest BCUT2D eigenvalue weighted by atomic mass is 10.2. The number of carbonyl (C=O) groups excluding carboxylic acids is 1. The minimum Gasteiger partial charge on any atom is -1.00 e. The minimum atomic E-state index is -0.402. The minimum absolute atomic E-state index is 0. The van der Waals surface area contributed by atoms with Crippen molar-refractivity contribution in [2.45, 2.75) is 13.1 Å². The van der Waals surface area contributed by atoms with Crippen molar-refractivity contribution in [2.24, 2.45) is 0 Å². The molecule has 0 fully saturated rings. The lowest BCUT2D eigenvalue weighted by molar-refractivity contribution is -0.683. The van der Waals surface area contributed by atoms with Gasteiger partial charge in [0, 0.05) is 35.6 Å². The van der Waals surface area contributed by atoms with E-state index < -0.39 is 5.82 Å². The van der Waals surface area contributed by atoms with E-state index in [2.05, 4.69) is 0 Å². The fraction of sp³-hybridized carbons (Fsp3) is 0.158. The number of fused-ring (bicyclic) bond motifs is 1. The van der Waals surface area contributed by atoms with Gasteiger partial charge in [-0.3, -0.25) is 4.79 Å². The number of likely N-dealkylation sites (N-methyl/N-ethyl adjacent to an activating group) is 1. The van der Waals surface area contributed by atoms with E-state index in [4.69, 9.17) is 11.6 Å². The quantitative estimate of drug-likeness (QED) is 0.609. The fourth-order valence-corrected chi connectivity index (χ4v) is 2.78. The molecule has 130 valence electrons. The maximum atomic E-state index is 13.8. The highest BCUT2D eigenvalue weighted by Gasteiger charge is 2.18. The second kappa shape index (κ2) is 8.28. The van der Waals surface area contributed by atoms with Crippen molar-refractivity contribution in [3.8, 4) is 0 Å². The van der Waals surface area contributed by atoms with Gasteiger partial charge in [0.15, 0.2) is 12.4 Å². The summed E-state index contributed by atoms with van der Waals surface area (Å²) in [6.07, 6.45) is 3.79. The maximum Gasteiger partial charge on any atom is 0.288 e. The number of hydrogen-bond donors (Lipinski definition) is 0. The average molecular weight is 379 g/mol. The molecule has 0 atom stereocenters. The summed E-state index contributed by atoms with van der Waals surface area (Å²) in [4.78, 5) is 13.9. The molecule has 0 aliphatic rings. The molecular formula is C19H17Cl2FN2O. The Balaban J connectivity index is 0.00000225. The van der Waals surface area contributed by atoms with Gasteiger partial charge in [0.05, 0.1) is 0 Å². The molecule has 0 aliphatic heterocycles. The number of nitrogens with zero attached hydrogens (tertiary/aromatic N) is 2. The monoisotopic (exact) mass is 378 g/mol. The van der Waals surface area contributed by atoms with Gasteiger partial charge >= 0.3 is 0 Å². The molecule has 25 heavy (non-hydrogen) atoms. The van der Waals surface area contributed by atoms with Crippen LogP contribution in [0, 0.1) is 5.82 Å². The van der Waals surface area contributed by atoms with Crippen molar-refractivity contribution in [1.82, 2.24) is 4.90 Å². The Hall–Kier alpha value is -2.17. The first-order valence-electron chi connectivity index (χ1n) is 7.59. The van der Waals surface area contributed by atoms with Crippen LogP contribution in [0.4, 0.5) is 4.39 Å². The van der Waals surface area contributed by atoms with E-state index in [1.807, 2.05) is 47.3 Å². The third kappa shape index (κ3) is 4.47. The number of benzene rings is 2. The van der Waals surface area contributed by atoms with Gasteiger partial charge in [0.2, 0.25) is 6.54 Å². The molecule has 0 spiro atoms. The second-order valence-electron chi connectivity index (χ2n) is 5.70. The van der Waals surface area contributed by atoms with Crippen molar-refractivity contribution in [3.63, 3.8) is 0 Å². The molecule has 1 aromatic heterocycles. The SMILES string of the molecule is CN(Cc1c(F)cccc1Cl)C(=O)C[n+]1ccc2ccccc2c1.[Cl-]. The summed E-state index contributed by atoms with van der Waals surface area (Å²) in [5.74, 6) is -0.518. The molecule has 1 amide bonds. The summed E-state index contributed by atoms with van der Waals surface area (Å²) in [6.45, 7) is 0.325. The van der Waals surface area contributed by atoms with Gasteiger partial charge in [-0.15, -0.1) is 0 Å². The Bertz CT molecular complexity index is 881. The first-order valence-corrected chi connectivity index (χ1v) is 7.97. The summed E-state index contributed by atoms with van der Waals surface area (Å²) in [7, 11) is 1.65. The van der Waals surface area contributed by atoms with Crippen LogP contribution in [0.25, 0.3) is 10.8 Å². The number of pyridine rings is 1. The summed E-state index contributed by atoms with van der Waals surface area (Å²) < 4.78 is 15.7. The van der Waals surface area contributed by atoms with Crippen LogP contribution < -0.4 is 17.0 Å². The van der Waals surface area contributed by atoms with E-state index in [0.717, 1.165) is 10.8 Å². The van der Waals surface area contributed by atoms with Crippen molar-refractivity contribution in [2.75, 3.05) is 7.05 Å². The molecule has 0 aliphatic carbocycles. The van der Waals surface area contributed by atoms with Crippen LogP contribution in [0.3, 0.4) is 0 Å². The number of hydrogen-bond acceptors (Lipinski definition) is 1. The van der Waals surface area contributed by atoms with Gasteiger partial charge in [-0.2, -0.15) is 4.57 Å². The van der Waals surface area contributed by atoms with Gasteiger partial charge in [-0.1, -0.05) is 35.9 Å². The summed E-state index contributed by atoms with van der Waals surface area (Å²) in [6, 6.07) is 14.4. The van der Waals surface area contributed by atoms with E-state index in [-0.39, 0.29) is 31.4 Å². The molecule has 2 aromatic carbocycles. The van der Waals surface area contributed by atoms with Crippen molar-refractivity contribution < 1.29 is 26.2 Å². The van der Waals surface area contributed by atoms with E-state index in [0.29, 0.717) is 10.6 Å². The van der Waals surface area contributed by atoms with Crippen LogP contribution >= 0.6 is 11.6 Å². The molecule has 3 aromatic rings. The van der Waals surface area contributed by atoms with Crippen LogP contribution in [0.1, 0.15) is 5.56 Å². The summed E-state index contributed by atoms with van der Waals surface area (Å²) in [5.41, 5.74) is 0.332. The number of aromatic nitrogens is 1. The fourth-order valence-electron chi connectivity index (χ4n) is 2.56. The van der Waals surface area contributed by atoms with Gasteiger partial charge in [-0.25, -0.2) is 4.39 Å². The zero-order valence-corrected chi connectivity index (χ0v) is 15.1. The van der Waals surface area contributed by atoms with Crippen LogP contribution in [0.5, 0.6) is 0 Å². The van der Waals surface area contributed by atoms with Crippen molar-refractivity contribution in [1.29, 1.82) is 0 Å². The molecule has 0 saturated carbocycles. The van der Waals surface area contributed by atoms with Crippen molar-refractivity contribution >= 4 is 28.3 Å². The van der Waals surface area contributed by atoms with E-state index in [1.165, 1.54) is 11.0 Å². The number of carbonyl (C=O) groups is 1. The highest BCUT2D eigenvalue weighted by Crippen LogP contribution is 2.20. The third-order valence-electron chi connectivity index (χ3n) is 3.95. The van der Waals surface area contributed by atoms with E-state index in [9.17, 15) is 9.18 Å². The van der Waals surface area contributed by atoms with Gasteiger partial charge in [0.25, 0.3) is 5.91 Å². The molecule has 1 heterocycles. The predicted octanol–water partition coefficient (Wildman–Crippen LogP) is 0.582. The first kappa shape index (κ1) is 19.2. The number of halogens is 3. The first-order chi connectivity index (χ1) is 11.5. The Kier molecular flexibility index (Phi) is 6.34. The molecule has 3 nitrogen and oxygen atoms in total. The molecule has 0 bridgehead atoms. The predicted molar refractivity (Wildman–Crippen MR) is 92.0 cm³/mol. The molecule has 0 unspecified atom stereocenters. The smallest absolute Gasteiger partial charge is 0.288 e. The average Bonchev–Trinajstić information content (AvgIpc) is 2.58. The van der Waals surface area contributed by atoms with Gasteiger partial charge in [-0.05, 0) is 23.6 Å². The molecule has 0 N–H and O–H groups in total. The topological polar surface area (TPSA) is 24.2 Å². The van der Waals surface area contributed by atoms with Crippen LogP contribution in [-0.4, -0.2) is 17.9 Å². The highest BCUT2D eigenvalue weighted by atomic mass is 35.5. The standard InChI is InChI=1S/C19H17ClFN2O.ClH/c1-22(12-16-17(20)7-4-8-18(16)21)19(24)13-23-10-9-14-5-2-3-6-15(14)11-23;/h2-11H,12-13H2,1H3;1H/q+1;/p-1. The molecule has 3 rings (SSSR count). The molecular weight excluding hydrogens is 362 g/mol. The summed E-state index contributed by atoms with van der Waals surface area (Å²) in [5, 5.41) is 2.51. The highest BCUT2D eigenvalue weighted by molar-refractivity contribution is 6.31. The normalized spacial score (nSPS) is 10.4. The Morgan fingerprint density at radius 2 is 1.84 bits per heavy atom. The molecule has 6 heteroatoms. The Morgan fingerprint density at radius 1 is 1.12 bits per heavy atom. The van der Waals surface area contributed by atoms with Gasteiger partial charge in [0.1, 0.15) is 5.82 Å². The summed E-state index contributed by atoms with van der Waals surface area (Å²) >= 11 is 6.02. The van der Waals surface area contributed by atoms with Gasteiger partial charge < -0.3 is 17.3 Å².